The van der Waals surface area contributed by atoms with Gasteiger partial charge in [0.15, 0.2) is 0 Å². The number of halogens is 3. The summed E-state index contributed by atoms with van der Waals surface area (Å²) < 4.78 is 44.7. The van der Waals surface area contributed by atoms with E-state index in [1.165, 1.54) is 12.1 Å². The Balaban J connectivity index is 1.54. The molecule has 2 heterocycles. The number of anilines is 2. The highest BCUT2D eigenvalue weighted by atomic mass is 19.4. The molecule has 8 heteroatoms. The van der Waals surface area contributed by atoms with Gasteiger partial charge in [-0.1, -0.05) is 12.1 Å². The summed E-state index contributed by atoms with van der Waals surface area (Å²) in [7, 11) is 0. The lowest BCUT2D eigenvalue weighted by atomic mass is 9.99. The van der Waals surface area contributed by atoms with Crippen LogP contribution in [0.4, 0.5) is 24.5 Å². The maximum Gasteiger partial charge on any atom is 0.416 e. The summed E-state index contributed by atoms with van der Waals surface area (Å²) in [5.74, 6) is -0.215. The Bertz CT molecular complexity index is 1020. The van der Waals surface area contributed by atoms with E-state index in [0.717, 1.165) is 37.2 Å². The van der Waals surface area contributed by atoms with E-state index >= 15 is 0 Å². The Morgan fingerprint density at radius 3 is 2.84 bits per heavy atom. The van der Waals surface area contributed by atoms with Crippen molar-refractivity contribution in [3.05, 3.63) is 59.7 Å². The summed E-state index contributed by atoms with van der Waals surface area (Å²) in [6.07, 6.45) is 0.0310. The lowest BCUT2D eigenvalue weighted by molar-refractivity contribution is -0.137. The van der Waals surface area contributed by atoms with Gasteiger partial charge in [-0.05, 0) is 61.6 Å². The van der Waals surface area contributed by atoms with Crippen LogP contribution in [0.5, 0.6) is 5.75 Å². The first-order valence-corrected chi connectivity index (χ1v) is 10.7. The molecule has 5 nitrogen and oxygen atoms in total. The van der Waals surface area contributed by atoms with Crippen LogP contribution >= 0.6 is 0 Å². The number of benzene rings is 2. The summed E-state index contributed by atoms with van der Waals surface area (Å²) in [4.78, 5) is 14.9. The van der Waals surface area contributed by atoms with Crippen LogP contribution in [0.25, 0.3) is 5.57 Å². The summed E-state index contributed by atoms with van der Waals surface area (Å²) in [5.41, 5.74) is 1.91. The number of rotatable bonds is 4. The molecule has 2 aliphatic heterocycles. The molecule has 1 fully saturated rings. The molecule has 0 bridgehead atoms. The van der Waals surface area contributed by atoms with Crippen molar-refractivity contribution in [1.82, 2.24) is 0 Å². The van der Waals surface area contributed by atoms with Crippen LogP contribution in [0.3, 0.4) is 0 Å². The molecule has 1 atom stereocenters. The van der Waals surface area contributed by atoms with Crippen molar-refractivity contribution in [3.63, 3.8) is 0 Å². The van der Waals surface area contributed by atoms with E-state index in [1.54, 1.807) is 6.07 Å². The van der Waals surface area contributed by atoms with E-state index in [9.17, 15) is 23.1 Å². The summed E-state index contributed by atoms with van der Waals surface area (Å²) >= 11 is 0. The molecule has 0 aliphatic carbocycles. The van der Waals surface area contributed by atoms with Crippen molar-refractivity contribution in [1.29, 1.82) is 0 Å². The fourth-order valence-electron chi connectivity index (χ4n) is 4.28. The molecule has 4 rings (SSSR count). The van der Waals surface area contributed by atoms with E-state index in [4.69, 9.17) is 4.74 Å². The van der Waals surface area contributed by atoms with Gasteiger partial charge in [0.25, 0.3) is 0 Å². The standard InChI is InChI=1S/C24H25F3N2O3/c25-24(26,27)17-8-9-21-16(4-3-11-32-22(21)13-17)12-23(31)28-18-5-1-6-19(14-18)29-10-2-7-20(29)15-30/h1,5-6,8-9,12-14,20,30H,2-4,7,10-11,15H2,(H,28,31)/b16-12+. The molecular weight excluding hydrogens is 421 g/mol. The van der Waals surface area contributed by atoms with E-state index in [2.05, 4.69) is 10.2 Å². The van der Waals surface area contributed by atoms with Crippen molar-refractivity contribution < 1.29 is 27.8 Å². The number of nitrogens with one attached hydrogen (secondary N) is 1. The smallest absolute Gasteiger partial charge is 0.416 e. The Hall–Kier alpha value is -3.00. The van der Waals surface area contributed by atoms with Gasteiger partial charge in [-0.15, -0.1) is 0 Å². The number of fused-ring (bicyclic) bond motifs is 1. The Kier molecular flexibility index (Phi) is 6.41. The molecular formula is C24H25F3N2O3. The number of alkyl halides is 3. The number of hydrogen-bond donors (Lipinski definition) is 2. The van der Waals surface area contributed by atoms with Gasteiger partial charge in [0, 0.05) is 29.6 Å². The second-order valence-corrected chi connectivity index (χ2v) is 8.04. The number of hydrogen-bond acceptors (Lipinski definition) is 4. The number of allylic oxidation sites excluding steroid dienone is 1. The van der Waals surface area contributed by atoms with Crippen molar-refractivity contribution in [2.75, 3.05) is 30.0 Å². The molecule has 1 saturated heterocycles. The van der Waals surface area contributed by atoms with Crippen LogP contribution in [-0.4, -0.2) is 36.8 Å². The fourth-order valence-corrected chi connectivity index (χ4v) is 4.28. The quantitative estimate of drug-likeness (QED) is 0.659. The summed E-state index contributed by atoms with van der Waals surface area (Å²) in [6, 6.07) is 10.9. The zero-order chi connectivity index (χ0) is 22.7. The third-order valence-corrected chi connectivity index (χ3v) is 5.84. The normalized spacial score (nSPS) is 19.9. The molecule has 170 valence electrons. The van der Waals surface area contributed by atoms with Crippen molar-refractivity contribution >= 4 is 22.9 Å². The van der Waals surface area contributed by atoms with E-state index in [0.29, 0.717) is 29.7 Å². The first kappa shape index (κ1) is 22.2. The van der Waals surface area contributed by atoms with Crippen LogP contribution in [0.15, 0.2) is 48.5 Å². The van der Waals surface area contributed by atoms with Gasteiger partial charge >= 0.3 is 6.18 Å². The number of aliphatic hydroxyl groups excluding tert-OH is 1. The second kappa shape index (κ2) is 9.24. The Labute approximate surface area is 184 Å². The average molecular weight is 446 g/mol. The molecule has 1 unspecified atom stereocenters. The molecule has 2 aromatic rings. The highest BCUT2D eigenvalue weighted by Crippen LogP contribution is 2.38. The van der Waals surface area contributed by atoms with Crippen LogP contribution in [0.1, 0.15) is 36.8 Å². The average Bonchev–Trinajstić information content (AvgIpc) is 3.15. The number of nitrogens with zero attached hydrogens (tertiary/aromatic N) is 1. The van der Waals surface area contributed by atoms with Gasteiger partial charge in [0.05, 0.1) is 24.8 Å². The topological polar surface area (TPSA) is 61.8 Å². The number of ether oxygens (including phenoxy) is 1. The summed E-state index contributed by atoms with van der Waals surface area (Å²) in [6.45, 7) is 1.22. The largest absolute Gasteiger partial charge is 0.493 e. The predicted molar refractivity (Wildman–Crippen MR) is 117 cm³/mol. The number of amides is 1. The van der Waals surface area contributed by atoms with Crippen LogP contribution in [0, 0.1) is 0 Å². The van der Waals surface area contributed by atoms with Gasteiger partial charge < -0.3 is 20.1 Å². The van der Waals surface area contributed by atoms with Crippen LogP contribution < -0.4 is 15.0 Å². The highest BCUT2D eigenvalue weighted by Gasteiger charge is 2.32. The fraction of sp³-hybridized carbons (Fsp3) is 0.375. The summed E-state index contributed by atoms with van der Waals surface area (Å²) in [5, 5.41) is 12.4. The van der Waals surface area contributed by atoms with Gasteiger partial charge in [0.1, 0.15) is 5.75 Å². The molecule has 1 amide bonds. The number of carbonyl (C=O) groups is 1. The first-order chi connectivity index (χ1) is 15.3. The predicted octanol–water partition coefficient (Wildman–Crippen LogP) is 4.86. The first-order valence-electron chi connectivity index (χ1n) is 10.7. The van der Waals surface area contributed by atoms with Gasteiger partial charge in [-0.3, -0.25) is 4.79 Å². The Morgan fingerprint density at radius 1 is 1.22 bits per heavy atom. The third-order valence-electron chi connectivity index (χ3n) is 5.84. The Morgan fingerprint density at radius 2 is 2.06 bits per heavy atom. The van der Waals surface area contributed by atoms with Crippen molar-refractivity contribution in [3.8, 4) is 5.75 Å². The monoisotopic (exact) mass is 446 g/mol. The number of aliphatic hydroxyl groups is 1. The molecule has 0 saturated carbocycles. The van der Waals surface area contributed by atoms with Crippen LogP contribution in [0.2, 0.25) is 0 Å². The van der Waals surface area contributed by atoms with Crippen molar-refractivity contribution in [2.45, 2.75) is 37.9 Å². The maximum absolute atomic E-state index is 13.0. The molecule has 0 aromatic heterocycles. The van der Waals surface area contributed by atoms with Gasteiger partial charge in [-0.2, -0.15) is 13.2 Å². The molecule has 0 radical (unpaired) electrons. The molecule has 0 spiro atoms. The molecule has 2 aromatic carbocycles. The molecule has 32 heavy (non-hydrogen) atoms. The van der Waals surface area contributed by atoms with Crippen LogP contribution in [-0.2, 0) is 11.0 Å². The van der Waals surface area contributed by atoms with E-state index in [-0.39, 0.29) is 30.9 Å². The maximum atomic E-state index is 13.0. The van der Waals surface area contributed by atoms with E-state index in [1.807, 2.05) is 18.2 Å². The minimum Gasteiger partial charge on any atom is -0.493 e. The lowest BCUT2D eigenvalue weighted by Crippen LogP contribution is -2.32. The van der Waals surface area contributed by atoms with Gasteiger partial charge in [-0.25, -0.2) is 0 Å². The third kappa shape index (κ3) is 4.91. The zero-order valence-electron chi connectivity index (χ0n) is 17.5. The van der Waals surface area contributed by atoms with E-state index < -0.39 is 11.7 Å². The SMILES string of the molecule is O=C(/C=C1\CCCOc2cc(C(F)(F)F)ccc21)Nc1cccc(N2CCCC2CO)c1. The zero-order valence-corrected chi connectivity index (χ0v) is 17.5. The minimum absolute atomic E-state index is 0.0761. The second-order valence-electron chi connectivity index (χ2n) is 8.04. The lowest BCUT2D eigenvalue weighted by Gasteiger charge is -2.25. The molecule has 2 aliphatic rings. The minimum atomic E-state index is -4.46. The van der Waals surface area contributed by atoms with Gasteiger partial charge in [0.2, 0.25) is 5.91 Å². The highest BCUT2D eigenvalue weighted by molar-refractivity contribution is 6.04. The molecule has 2 N–H and O–H groups in total. The number of carbonyl (C=O) groups excluding carboxylic acids is 1. The van der Waals surface area contributed by atoms with Crippen molar-refractivity contribution in [2.24, 2.45) is 0 Å².